The number of hydrazone groups is 1. The molecule has 0 aliphatic heterocycles. The van der Waals surface area contributed by atoms with E-state index in [4.69, 9.17) is 9.47 Å². The minimum Gasteiger partial charge on any atom is -0.490 e. The molecule has 0 radical (unpaired) electrons. The van der Waals surface area contributed by atoms with Crippen molar-refractivity contribution in [2.75, 3.05) is 13.2 Å². The number of nitro groups is 1. The summed E-state index contributed by atoms with van der Waals surface area (Å²) in [6, 6.07) is 10.8. The standard InChI is InChI=1S/C20H23N3O5/c1-3-5-11-28-18-10-9-15(12-19(18)27-4-2)14-21-22-20(24)16-7-6-8-17(13-16)23(25)26/h6-10,12-14H,3-5,11H2,1-2H3,(H,22,24). The molecule has 1 amide bonds. The first-order valence-corrected chi connectivity index (χ1v) is 9.02. The topological polar surface area (TPSA) is 103 Å². The predicted molar refractivity (Wildman–Crippen MR) is 106 cm³/mol. The van der Waals surface area contributed by atoms with Crippen LogP contribution >= 0.6 is 0 Å². The average molecular weight is 385 g/mol. The van der Waals surface area contributed by atoms with Crippen LogP contribution in [0.4, 0.5) is 5.69 Å². The van der Waals surface area contributed by atoms with Crippen LogP contribution in [0.2, 0.25) is 0 Å². The summed E-state index contributed by atoms with van der Waals surface area (Å²) in [4.78, 5) is 22.3. The summed E-state index contributed by atoms with van der Waals surface area (Å²) >= 11 is 0. The molecule has 0 saturated carbocycles. The van der Waals surface area contributed by atoms with E-state index in [-0.39, 0.29) is 11.3 Å². The fourth-order valence-corrected chi connectivity index (χ4v) is 2.31. The number of carbonyl (C=O) groups excluding carboxylic acids is 1. The molecule has 8 heteroatoms. The van der Waals surface area contributed by atoms with Crippen LogP contribution in [0.25, 0.3) is 0 Å². The molecular formula is C20H23N3O5. The Hall–Kier alpha value is -3.42. The van der Waals surface area contributed by atoms with Crippen LogP contribution in [0.5, 0.6) is 11.5 Å². The van der Waals surface area contributed by atoms with Gasteiger partial charge in [-0.1, -0.05) is 19.4 Å². The van der Waals surface area contributed by atoms with Gasteiger partial charge in [-0.3, -0.25) is 14.9 Å². The van der Waals surface area contributed by atoms with Crippen LogP contribution in [-0.2, 0) is 0 Å². The SMILES string of the molecule is CCCCOc1ccc(C=NNC(=O)c2cccc([N+](=O)[O-])c2)cc1OCC. The van der Waals surface area contributed by atoms with E-state index in [1.807, 2.05) is 6.92 Å². The average Bonchev–Trinajstić information content (AvgIpc) is 2.70. The summed E-state index contributed by atoms with van der Waals surface area (Å²) in [6.07, 6.45) is 3.46. The van der Waals surface area contributed by atoms with Crippen LogP contribution < -0.4 is 14.9 Å². The Kier molecular flexibility index (Phi) is 7.95. The van der Waals surface area contributed by atoms with Gasteiger partial charge in [-0.15, -0.1) is 0 Å². The third-order valence-electron chi connectivity index (χ3n) is 3.72. The molecule has 2 aromatic rings. The smallest absolute Gasteiger partial charge is 0.271 e. The molecular weight excluding hydrogens is 362 g/mol. The van der Waals surface area contributed by atoms with E-state index in [2.05, 4.69) is 17.5 Å². The lowest BCUT2D eigenvalue weighted by Crippen LogP contribution is -2.17. The quantitative estimate of drug-likeness (QED) is 0.289. The number of rotatable bonds is 10. The van der Waals surface area contributed by atoms with Crippen molar-refractivity contribution in [3.8, 4) is 11.5 Å². The largest absolute Gasteiger partial charge is 0.490 e. The minimum absolute atomic E-state index is 0.154. The minimum atomic E-state index is -0.556. The van der Waals surface area contributed by atoms with Gasteiger partial charge in [-0.25, -0.2) is 5.43 Å². The zero-order valence-electron chi connectivity index (χ0n) is 15.9. The number of amides is 1. The maximum Gasteiger partial charge on any atom is 0.271 e. The second kappa shape index (κ2) is 10.7. The molecule has 8 nitrogen and oxygen atoms in total. The molecule has 2 aromatic carbocycles. The third kappa shape index (κ3) is 6.08. The van der Waals surface area contributed by atoms with Crippen molar-refractivity contribution >= 4 is 17.8 Å². The molecule has 0 aliphatic carbocycles. The molecule has 0 atom stereocenters. The van der Waals surface area contributed by atoms with E-state index in [1.54, 1.807) is 18.2 Å². The monoisotopic (exact) mass is 385 g/mol. The Morgan fingerprint density at radius 1 is 1.18 bits per heavy atom. The number of benzene rings is 2. The van der Waals surface area contributed by atoms with Crippen molar-refractivity contribution in [3.63, 3.8) is 0 Å². The summed E-state index contributed by atoms with van der Waals surface area (Å²) in [6.45, 7) is 5.09. The van der Waals surface area contributed by atoms with Gasteiger partial charge in [0.25, 0.3) is 11.6 Å². The highest BCUT2D eigenvalue weighted by atomic mass is 16.6. The Balaban J connectivity index is 2.04. The van der Waals surface area contributed by atoms with Crippen LogP contribution in [0.3, 0.4) is 0 Å². The Labute approximate surface area is 163 Å². The summed E-state index contributed by atoms with van der Waals surface area (Å²) in [5.41, 5.74) is 3.07. The van der Waals surface area contributed by atoms with E-state index < -0.39 is 10.8 Å². The number of non-ortho nitro benzene ring substituents is 1. The molecule has 0 spiro atoms. The van der Waals surface area contributed by atoms with Crippen molar-refractivity contribution in [3.05, 3.63) is 63.7 Å². The van der Waals surface area contributed by atoms with Gasteiger partial charge >= 0.3 is 0 Å². The van der Waals surface area contributed by atoms with E-state index in [0.29, 0.717) is 30.3 Å². The van der Waals surface area contributed by atoms with E-state index in [1.165, 1.54) is 30.5 Å². The number of hydrogen-bond acceptors (Lipinski definition) is 6. The lowest BCUT2D eigenvalue weighted by atomic mass is 10.2. The summed E-state index contributed by atoms with van der Waals surface area (Å²) in [7, 11) is 0. The lowest BCUT2D eigenvalue weighted by molar-refractivity contribution is -0.384. The van der Waals surface area contributed by atoms with Crippen molar-refractivity contribution < 1.29 is 19.2 Å². The van der Waals surface area contributed by atoms with Gasteiger partial charge in [0, 0.05) is 17.7 Å². The maximum atomic E-state index is 12.1. The Morgan fingerprint density at radius 2 is 2.00 bits per heavy atom. The number of unbranched alkanes of at least 4 members (excludes halogenated alkanes) is 1. The van der Waals surface area contributed by atoms with Gasteiger partial charge in [-0.2, -0.15) is 5.10 Å². The normalized spacial score (nSPS) is 10.6. The van der Waals surface area contributed by atoms with Gasteiger partial charge in [0.1, 0.15) is 0 Å². The summed E-state index contributed by atoms with van der Waals surface area (Å²) in [5.74, 6) is 0.727. The van der Waals surface area contributed by atoms with E-state index in [9.17, 15) is 14.9 Å². The highest BCUT2D eigenvalue weighted by Gasteiger charge is 2.11. The van der Waals surface area contributed by atoms with Crippen LogP contribution in [-0.4, -0.2) is 30.3 Å². The zero-order chi connectivity index (χ0) is 20.4. The first-order valence-electron chi connectivity index (χ1n) is 9.02. The van der Waals surface area contributed by atoms with Crippen molar-refractivity contribution in [1.82, 2.24) is 5.43 Å². The first kappa shape index (κ1) is 20.9. The molecule has 0 saturated heterocycles. The zero-order valence-corrected chi connectivity index (χ0v) is 15.9. The van der Waals surface area contributed by atoms with Gasteiger partial charge in [0.05, 0.1) is 24.4 Å². The highest BCUT2D eigenvalue weighted by molar-refractivity contribution is 5.95. The van der Waals surface area contributed by atoms with Crippen LogP contribution in [0.1, 0.15) is 42.6 Å². The number of carbonyl (C=O) groups is 1. The highest BCUT2D eigenvalue weighted by Crippen LogP contribution is 2.28. The second-order valence-corrected chi connectivity index (χ2v) is 5.85. The van der Waals surface area contributed by atoms with E-state index in [0.717, 1.165) is 12.8 Å². The van der Waals surface area contributed by atoms with Crippen LogP contribution in [0.15, 0.2) is 47.6 Å². The molecule has 1 N–H and O–H groups in total. The Morgan fingerprint density at radius 3 is 2.71 bits per heavy atom. The summed E-state index contributed by atoms with van der Waals surface area (Å²) < 4.78 is 11.3. The molecule has 0 aliphatic rings. The van der Waals surface area contributed by atoms with Gasteiger partial charge < -0.3 is 9.47 Å². The molecule has 0 fully saturated rings. The number of hydrogen-bond donors (Lipinski definition) is 1. The number of nitrogens with one attached hydrogen (secondary N) is 1. The van der Waals surface area contributed by atoms with Gasteiger partial charge in [-0.05, 0) is 43.2 Å². The van der Waals surface area contributed by atoms with E-state index >= 15 is 0 Å². The molecule has 0 aromatic heterocycles. The Bertz CT molecular complexity index is 851. The first-order chi connectivity index (χ1) is 13.5. The molecule has 0 unspecified atom stereocenters. The molecule has 0 heterocycles. The van der Waals surface area contributed by atoms with Crippen molar-refractivity contribution in [1.29, 1.82) is 0 Å². The number of ether oxygens (including phenoxy) is 2. The molecule has 28 heavy (non-hydrogen) atoms. The van der Waals surface area contributed by atoms with Gasteiger partial charge in [0.2, 0.25) is 0 Å². The lowest BCUT2D eigenvalue weighted by Gasteiger charge is -2.12. The number of nitrogens with zero attached hydrogens (tertiary/aromatic N) is 2. The second-order valence-electron chi connectivity index (χ2n) is 5.85. The van der Waals surface area contributed by atoms with Crippen molar-refractivity contribution in [2.24, 2.45) is 5.10 Å². The summed E-state index contributed by atoms with van der Waals surface area (Å²) in [5, 5.41) is 14.7. The molecule has 2 rings (SSSR count). The van der Waals surface area contributed by atoms with Gasteiger partial charge in [0.15, 0.2) is 11.5 Å². The third-order valence-corrected chi connectivity index (χ3v) is 3.72. The molecule has 148 valence electrons. The predicted octanol–water partition coefficient (Wildman–Crippen LogP) is 3.94. The number of nitro benzene ring substituents is 1. The van der Waals surface area contributed by atoms with Crippen LogP contribution in [0, 0.1) is 10.1 Å². The maximum absolute atomic E-state index is 12.1. The fraction of sp³-hybridized carbons (Fsp3) is 0.300. The molecule has 0 bridgehead atoms. The van der Waals surface area contributed by atoms with Crippen molar-refractivity contribution in [2.45, 2.75) is 26.7 Å². The fourth-order valence-electron chi connectivity index (χ4n) is 2.31.